The Morgan fingerprint density at radius 3 is 2.42 bits per heavy atom. The molecule has 6 heteroatoms. The van der Waals surface area contributed by atoms with Crippen molar-refractivity contribution in [2.75, 3.05) is 11.9 Å². The number of rotatable bonds is 7. The lowest BCUT2D eigenvalue weighted by Crippen LogP contribution is -2.33. The van der Waals surface area contributed by atoms with Crippen molar-refractivity contribution in [3.63, 3.8) is 0 Å². The zero-order valence-electron chi connectivity index (χ0n) is 13.3. The molecule has 2 unspecified atom stereocenters. The van der Waals surface area contributed by atoms with Crippen LogP contribution in [0, 0.1) is 5.82 Å². The number of aliphatic hydroxyl groups is 1. The Morgan fingerprint density at radius 1 is 1.17 bits per heavy atom. The molecule has 2 atom stereocenters. The fourth-order valence-corrected chi connectivity index (χ4v) is 2.48. The van der Waals surface area contributed by atoms with Crippen molar-refractivity contribution in [1.82, 2.24) is 5.32 Å². The van der Waals surface area contributed by atoms with E-state index in [0.29, 0.717) is 12.1 Å². The lowest BCUT2D eigenvalue weighted by molar-refractivity contribution is -0.116. The molecule has 2 aromatic rings. The minimum Gasteiger partial charge on any atom is -0.387 e. The molecule has 2 rings (SSSR count). The molecule has 128 valence electrons. The van der Waals surface area contributed by atoms with Crippen LogP contribution in [0.1, 0.15) is 25.0 Å². The molecular weight excluding hydrogens is 375 g/mol. The van der Waals surface area contributed by atoms with E-state index in [-0.39, 0.29) is 24.2 Å². The number of amides is 1. The van der Waals surface area contributed by atoms with Crippen LogP contribution in [0.2, 0.25) is 0 Å². The maximum Gasteiger partial charge on any atom is 0.225 e. The summed E-state index contributed by atoms with van der Waals surface area (Å²) >= 11 is 3.34. The molecule has 0 aliphatic heterocycles. The number of carbonyl (C=O) groups is 1. The normalized spacial score (nSPS) is 13.3. The molecule has 0 aliphatic carbocycles. The first-order valence-electron chi connectivity index (χ1n) is 7.66. The average molecular weight is 395 g/mol. The number of benzene rings is 2. The van der Waals surface area contributed by atoms with Crippen LogP contribution in [0.25, 0.3) is 0 Å². The van der Waals surface area contributed by atoms with Crippen molar-refractivity contribution >= 4 is 27.5 Å². The Labute approximate surface area is 149 Å². The fourth-order valence-electron chi connectivity index (χ4n) is 2.21. The third-order valence-electron chi connectivity index (χ3n) is 3.53. The van der Waals surface area contributed by atoms with Gasteiger partial charge in [0.2, 0.25) is 5.91 Å². The maximum atomic E-state index is 12.9. The highest BCUT2D eigenvalue weighted by Gasteiger charge is 2.12. The summed E-state index contributed by atoms with van der Waals surface area (Å²) in [5.74, 6) is -0.439. The number of hydrogen-bond acceptors (Lipinski definition) is 3. The largest absolute Gasteiger partial charge is 0.387 e. The van der Waals surface area contributed by atoms with Gasteiger partial charge in [-0.2, -0.15) is 0 Å². The highest BCUT2D eigenvalue weighted by Crippen LogP contribution is 2.15. The Hall–Kier alpha value is -1.76. The van der Waals surface area contributed by atoms with E-state index in [2.05, 4.69) is 26.6 Å². The van der Waals surface area contributed by atoms with Crippen LogP contribution in [0.15, 0.2) is 53.0 Å². The first-order valence-corrected chi connectivity index (χ1v) is 8.45. The van der Waals surface area contributed by atoms with E-state index in [1.165, 1.54) is 12.1 Å². The van der Waals surface area contributed by atoms with Crippen LogP contribution in [-0.2, 0) is 4.79 Å². The van der Waals surface area contributed by atoms with E-state index in [1.807, 2.05) is 31.2 Å². The van der Waals surface area contributed by atoms with Crippen LogP contribution in [-0.4, -0.2) is 23.6 Å². The van der Waals surface area contributed by atoms with Gasteiger partial charge in [-0.1, -0.05) is 28.1 Å². The Balaban J connectivity index is 1.75. The number of hydrogen-bond donors (Lipinski definition) is 3. The van der Waals surface area contributed by atoms with E-state index < -0.39 is 6.10 Å². The fraction of sp³-hybridized carbons (Fsp3) is 0.278. The van der Waals surface area contributed by atoms with Crippen LogP contribution in [0.5, 0.6) is 0 Å². The molecule has 4 nitrogen and oxygen atoms in total. The van der Waals surface area contributed by atoms with Crippen molar-refractivity contribution in [3.8, 4) is 0 Å². The predicted octanol–water partition coefficient (Wildman–Crippen LogP) is 3.63. The van der Waals surface area contributed by atoms with E-state index in [4.69, 9.17) is 0 Å². The molecule has 0 heterocycles. The predicted molar refractivity (Wildman–Crippen MR) is 96.2 cm³/mol. The van der Waals surface area contributed by atoms with Gasteiger partial charge < -0.3 is 15.7 Å². The molecule has 0 fully saturated rings. The Kier molecular flexibility index (Phi) is 6.90. The van der Waals surface area contributed by atoms with Gasteiger partial charge in [-0.3, -0.25) is 4.79 Å². The molecule has 1 amide bonds. The molecule has 24 heavy (non-hydrogen) atoms. The van der Waals surface area contributed by atoms with Crippen LogP contribution < -0.4 is 10.6 Å². The molecule has 0 saturated carbocycles. The summed E-state index contributed by atoms with van der Waals surface area (Å²) in [7, 11) is 0. The van der Waals surface area contributed by atoms with Crippen molar-refractivity contribution < 1.29 is 14.3 Å². The summed E-state index contributed by atoms with van der Waals surface area (Å²) in [6.45, 7) is 2.16. The molecule has 0 spiro atoms. The lowest BCUT2D eigenvalue weighted by atomic mass is 10.1. The lowest BCUT2D eigenvalue weighted by Gasteiger charge is -2.17. The van der Waals surface area contributed by atoms with Crippen LogP contribution >= 0.6 is 15.9 Å². The summed E-state index contributed by atoms with van der Waals surface area (Å²) in [6.07, 6.45) is -0.464. The first-order chi connectivity index (χ1) is 11.4. The smallest absolute Gasteiger partial charge is 0.225 e. The number of nitrogens with one attached hydrogen (secondary N) is 2. The molecular formula is C18H20BrFN2O2. The Morgan fingerprint density at radius 2 is 1.79 bits per heavy atom. The average Bonchev–Trinajstić information content (AvgIpc) is 2.55. The van der Waals surface area contributed by atoms with Crippen molar-refractivity contribution in [1.29, 1.82) is 0 Å². The third kappa shape index (κ3) is 6.03. The third-order valence-corrected chi connectivity index (χ3v) is 4.06. The topological polar surface area (TPSA) is 61.4 Å². The van der Waals surface area contributed by atoms with E-state index in [1.54, 1.807) is 12.1 Å². The van der Waals surface area contributed by atoms with Gasteiger partial charge in [0.25, 0.3) is 0 Å². The number of aliphatic hydroxyl groups excluding tert-OH is 1. The highest BCUT2D eigenvalue weighted by molar-refractivity contribution is 9.10. The second-order valence-corrected chi connectivity index (χ2v) is 6.55. The van der Waals surface area contributed by atoms with Crippen LogP contribution in [0.3, 0.4) is 0 Å². The van der Waals surface area contributed by atoms with Gasteiger partial charge in [0.1, 0.15) is 5.82 Å². The van der Waals surface area contributed by atoms with Gasteiger partial charge in [0, 0.05) is 29.2 Å². The summed E-state index contributed by atoms with van der Waals surface area (Å²) < 4.78 is 13.8. The van der Waals surface area contributed by atoms with Crippen molar-refractivity contribution in [2.45, 2.75) is 25.5 Å². The first kappa shape index (κ1) is 18.6. The van der Waals surface area contributed by atoms with Gasteiger partial charge in [0.15, 0.2) is 0 Å². The SMILES string of the molecule is CC(CC(=O)Nc1ccc(Br)cc1)NCC(O)c1ccc(F)cc1. The van der Waals surface area contributed by atoms with E-state index >= 15 is 0 Å². The van der Waals surface area contributed by atoms with E-state index in [9.17, 15) is 14.3 Å². The van der Waals surface area contributed by atoms with Crippen LogP contribution in [0.4, 0.5) is 10.1 Å². The zero-order chi connectivity index (χ0) is 17.5. The summed E-state index contributed by atoms with van der Waals surface area (Å²) in [6, 6.07) is 13.0. The van der Waals surface area contributed by atoms with Gasteiger partial charge in [-0.05, 0) is 48.9 Å². The van der Waals surface area contributed by atoms with E-state index in [0.717, 1.165) is 10.2 Å². The van der Waals surface area contributed by atoms with Gasteiger partial charge in [0.05, 0.1) is 6.10 Å². The molecule has 0 bridgehead atoms. The minimum absolute atomic E-state index is 0.101. The molecule has 2 aromatic carbocycles. The molecule has 0 aliphatic rings. The van der Waals surface area contributed by atoms with Crippen molar-refractivity contribution in [3.05, 3.63) is 64.4 Å². The molecule has 0 saturated heterocycles. The molecule has 3 N–H and O–H groups in total. The minimum atomic E-state index is -0.748. The summed E-state index contributed by atoms with van der Waals surface area (Å²) in [5.41, 5.74) is 1.37. The maximum absolute atomic E-state index is 12.9. The van der Waals surface area contributed by atoms with Crippen molar-refractivity contribution in [2.24, 2.45) is 0 Å². The summed E-state index contributed by atoms with van der Waals surface area (Å²) in [5, 5.41) is 16.0. The van der Waals surface area contributed by atoms with Gasteiger partial charge in [-0.15, -0.1) is 0 Å². The summed E-state index contributed by atoms with van der Waals surface area (Å²) in [4.78, 5) is 12.0. The molecule has 0 aromatic heterocycles. The number of anilines is 1. The van der Waals surface area contributed by atoms with Gasteiger partial charge >= 0.3 is 0 Å². The second kappa shape index (κ2) is 8.92. The highest BCUT2D eigenvalue weighted by atomic mass is 79.9. The standard InChI is InChI=1S/C18H20BrFN2O2/c1-12(10-18(24)22-16-8-4-14(19)5-9-16)21-11-17(23)13-2-6-15(20)7-3-13/h2-9,12,17,21,23H,10-11H2,1H3,(H,22,24). The Bertz CT molecular complexity index is 662. The quantitative estimate of drug-likeness (QED) is 0.671. The van der Waals surface area contributed by atoms with Gasteiger partial charge in [-0.25, -0.2) is 4.39 Å². The monoisotopic (exact) mass is 394 g/mol. The zero-order valence-corrected chi connectivity index (χ0v) is 14.9. The number of carbonyl (C=O) groups excluding carboxylic acids is 1. The molecule has 0 radical (unpaired) electrons. The number of halogens is 2. The second-order valence-electron chi connectivity index (χ2n) is 5.64.